The molecule has 2 N–H and O–H groups in total. The lowest BCUT2D eigenvalue weighted by molar-refractivity contribution is 0.791. The van der Waals surface area contributed by atoms with Crippen molar-refractivity contribution in [3.8, 4) is 28.3 Å². The molecule has 0 aliphatic rings. The van der Waals surface area contributed by atoms with Crippen LogP contribution in [0.1, 0.15) is 0 Å². The van der Waals surface area contributed by atoms with E-state index in [-0.39, 0.29) is 5.95 Å². The van der Waals surface area contributed by atoms with Gasteiger partial charge < -0.3 is 5.73 Å². The molecule has 0 aliphatic carbocycles. The predicted octanol–water partition coefficient (Wildman–Crippen LogP) is 3.68. The van der Waals surface area contributed by atoms with E-state index in [4.69, 9.17) is 28.9 Å². The Hall–Kier alpha value is -3.03. The van der Waals surface area contributed by atoms with Crippen LogP contribution in [0.2, 0.25) is 10.0 Å². The molecule has 0 saturated carbocycles. The SMILES string of the molecule is Nc1ncc(-c2nnnn2-c2ccc(Cl)cc2)c(-c2ccccc2Cl)n1. The van der Waals surface area contributed by atoms with Crippen LogP contribution < -0.4 is 5.73 Å². The average molecular weight is 384 g/mol. The van der Waals surface area contributed by atoms with E-state index >= 15 is 0 Å². The molecule has 4 aromatic rings. The summed E-state index contributed by atoms with van der Waals surface area (Å²) in [7, 11) is 0. The number of hydrogen-bond acceptors (Lipinski definition) is 6. The average Bonchev–Trinajstić information content (AvgIpc) is 3.12. The van der Waals surface area contributed by atoms with Gasteiger partial charge in [0.2, 0.25) is 5.95 Å². The molecule has 2 heterocycles. The van der Waals surface area contributed by atoms with Gasteiger partial charge in [0.25, 0.3) is 0 Å². The number of tetrazole rings is 1. The third-order valence-electron chi connectivity index (χ3n) is 3.72. The van der Waals surface area contributed by atoms with Gasteiger partial charge in [0.05, 0.1) is 16.9 Å². The van der Waals surface area contributed by atoms with Crippen molar-refractivity contribution in [3.63, 3.8) is 0 Å². The lowest BCUT2D eigenvalue weighted by atomic mass is 10.1. The number of rotatable bonds is 3. The second-order valence-electron chi connectivity index (χ2n) is 5.36. The summed E-state index contributed by atoms with van der Waals surface area (Å²) in [4.78, 5) is 8.45. The minimum Gasteiger partial charge on any atom is -0.368 e. The van der Waals surface area contributed by atoms with Crippen LogP contribution in [-0.2, 0) is 0 Å². The Kier molecular flexibility index (Phi) is 4.24. The molecule has 0 bridgehead atoms. The Balaban J connectivity index is 1.92. The zero-order valence-electron chi connectivity index (χ0n) is 13.2. The standard InChI is InChI=1S/C17H11Cl2N7/c18-10-5-7-11(8-6-10)26-16(23-24-25-26)13-9-21-17(20)22-15(13)12-3-1-2-4-14(12)19/h1-9H,(H2,20,21,22). The molecule has 128 valence electrons. The topological polar surface area (TPSA) is 95.4 Å². The van der Waals surface area contributed by atoms with Gasteiger partial charge in [-0.25, -0.2) is 9.97 Å². The molecule has 26 heavy (non-hydrogen) atoms. The lowest BCUT2D eigenvalue weighted by Crippen LogP contribution is -2.04. The van der Waals surface area contributed by atoms with Crippen LogP contribution in [0.15, 0.2) is 54.7 Å². The third kappa shape index (κ3) is 2.98. The van der Waals surface area contributed by atoms with Gasteiger partial charge in [0, 0.05) is 21.8 Å². The van der Waals surface area contributed by atoms with Crippen molar-refractivity contribution in [1.82, 2.24) is 30.2 Å². The number of aromatic nitrogens is 6. The summed E-state index contributed by atoms with van der Waals surface area (Å²) in [5.41, 5.74) is 8.41. The largest absolute Gasteiger partial charge is 0.368 e. The molecular weight excluding hydrogens is 373 g/mol. The molecule has 0 atom stereocenters. The lowest BCUT2D eigenvalue weighted by Gasteiger charge is -2.10. The number of benzene rings is 2. The zero-order chi connectivity index (χ0) is 18.1. The third-order valence-corrected chi connectivity index (χ3v) is 4.30. The molecular formula is C17H11Cl2N7. The smallest absolute Gasteiger partial charge is 0.220 e. The Morgan fingerprint density at radius 1 is 0.923 bits per heavy atom. The fourth-order valence-corrected chi connectivity index (χ4v) is 2.88. The van der Waals surface area contributed by atoms with Gasteiger partial charge >= 0.3 is 0 Å². The van der Waals surface area contributed by atoms with Crippen molar-refractivity contribution in [3.05, 3.63) is 64.8 Å². The maximum absolute atomic E-state index is 6.34. The molecule has 2 aromatic carbocycles. The van der Waals surface area contributed by atoms with E-state index in [9.17, 15) is 0 Å². The molecule has 0 saturated heterocycles. The van der Waals surface area contributed by atoms with Crippen LogP contribution in [0.4, 0.5) is 5.95 Å². The maximum atomic E-state index is 6.34. The highest BCUT2D eigenvalue weighted by molar-refractivity contribution is 6.33. The van der Waals surface area contributed by atoms with E-state index in [0.717, 1.165) is 5.69 Å². The van der Waals surface area contributed by atoms with E-state index in [1.807, 2.05) is 30.3 Å². The number of hydrogen-bond donors (Lipinski definition) is 1. The number of halogens is 2. The van der Waals surface area contributed by atoms with Crippen LogP contribution in [-0.4, -0.2) is 30.2 Å². The Bertz CT molecular complexity index is 1080. The Morgan fingerprint density at radius 2 is 1.69 bits per heavy atom. The minimum atomic E-state index is 0.134. The second kappa shape index (κ2) is 6.70. The number of anilines is 1. The van der Waals surface area contributed by atoms with Crippen LogP contribution >= 0.6 is 23.2 Å². The molecule has 0 radical (unpaired) electrons. The molecule has 0 unspecified atom stereocenters. The summed E-state index contributed by atoms with van der Waals surface area (Å²) >= 11 is 12.3. The first-order valence-electron chi connectivity index (χ1n) is 7.55. The van der Waals surface area contributed by atoms with E-state index in [1.54, 1.807) is 29.1 Å². The summed E-state index contributed by atoms with van der Waals surface area (Å²) in [6, 6.07) is 14.5. The van der Waals surface area contributed by atoms with Crippen LogP contribution in [0.25, 0.3) is 28.3 Å². The van der Waals surface area contributed by atoms with Crippen LogP contribution in [0.5, 0.6) is 0 Å². The van der Waals surface area contributed by atoms with Crippen molar-refractivity contribution in [2.24, 2.45) is 0 Å². The van der Waals surface area contributed by atoms with Gasteiger partial charge in [-0.05, 0) is 40.8 Å². The quantitative estimate of drug-likeness (QED) is 0.579. The first-order chi connectivity index (χ1) is 12.6. The summed E-state index contributed by atoms with van der Waals surface area (Å²) in [6.07, 6.45) is 1.58. The fourth-order valence-electron chi connectivity index (χ4n) is 2.53. The van der Waals surface area contributed by atoms with Crippen molar-refractivity contribution in [1.29, 1.82) is 0 Å². The van der Waals surface area contributed by atoms with Crippen molar-refractivity contribution >= 4 is 29.2 Å². The number of nitrogens with two attached hydrogens (primary N) is 1. The van der Waals surface area contributed by atoms with Crippen molar-refractivity contribution < 1.29 is 0 Å². The Morgan fingerprint density at radius 3 is 2.46 bits per heavy atom. The molecule has 9 heteroatoms. The molecule has 0 aliphatic heterocycles. The van der Waals surface area contributed by atoms with Gasteiger partial charge in [-0.15, -0.1) is 5.10 Å². The van der Waals surface area contributed by atoms with Gasteiger partial charge in [0.1, 0.15) is 0 Å². The zero-order valence-corrected chi connectivity index (χ0v) is 14.7. The molecule has 0 amide bonds. The van der Waals surface area contributed by atoms with Gasteiger partial charge in [-0.2, -0.15) is 4.68 Å². The molecule has 0 spiro atoms. The maximum Gasteiger partial charge on any atom is 0.220 e. The van der Waals surface area contributed by atoms with Crippen LogP contribution in [0, 0.1) is 0 Å². The second-order valence-corrected chi connectivity index (χ2v) is 6.20. The number of nitrogens with zero attached hydrogens (tertiary/aromatic N) is 6. The fraction of sp³-hybridized carbons (Fsp3) is 0. The normalized spacial score (nSPS) is 10.8. The molecule has 7 nitrogen and oxygen atoms in total. The minimum absolute atomic E-state index is 0.134. The van der Waals surface area contributed by atoms with E-state index in [0.29, 0.717) is 32.7 Å². The first kappa shape index (κ1) is 16.4. The van der Waals surface area contributed by atoms with Gasteiger partial charge in [-0.3, -0.25) is 0 Å². The molecule has 4 rings (SSSR count). The predicted molar refractivity (Wildman–Crippen MR) is 100 cm³/mol. The highest BCUT2D eigenvalue weighted by Crippen LogP contribution is 2.34. The number of nitrogen functional groups attached to an aromatic ring is 1. The van der Waals surface area contributed by atoms with Gasteiger partial charge in [0.15, 0.2) is 5.82 Å². The highest BCUT2D eigenvalue weighted by atomic mass is 35.5. The van der Waals surface area contributed by atoms with E-state index in [1.165, 1.54) is 0 Å². The van der Waals surface area contributed by atoms with Crippen molar-refractivity contribution in [2.45, 2.75) is 0 Å². The first-order valence-corrected chi connectivity index (χ1v) is 8.31. The van der Waals surface area contributed by atoms with E-state index < -0.39 is 0 Å². The molecule has 2 aromatic heterocycles. The highest BCUT2D eigenvalue weighted by Gasteiger charge is 2.19. The van der Waals surface area contributed by atoms with Crippen LogP contribution in [0.3, 0.4) is 0 Å². The summed E-state index contributed by atoms with van der Waals surface area (Å²) in [6.45, 7) is 0. The van der Waals surface area contributed by atoms with E-state index in [2.05, 4.69) is 25.5 Å². The summed E-state index contributed by atoms with van der Waals surface area (Å²) in [5.74, 6) is 0.594. The molecule has 0 fully saturated rings. The monoisotopic (exact) mass is 383 g/mol. The Labute approximate surface area is 158 Å². The summed E-state index contributed by atoms with van der Waals surface area (Å²) in [5, 5.41) is 13.1. The van der Waals surface area contributed by atoms with Crippen molar-refractivity contribution in [2.75, 3.05) is 5.73 Å². The van der Waals surface area contributed by atoms with Gasteiger partial charge in [-0.1, -0.05) is 41.4 Å². The summed E-state index contributed by atoms with van der Waals surface area (Å²) < 4.78 is 1.57.